The minimum Gasteiger partial charge on any atom is -0.481 e. The molecule has 18 heavy (non-hydrogen) atoms. The van der Waals surface area contributed by atoms with Crippen LogP contribution in [0.25, 0.3) is 0 Å². The van der Waals surface area contributed by atoms with E-state index in [1.165, 1.54) is 0 Å². The molecule has 2 N–H and O–H groups in total. The fraction of sp³-hybridized carbons (Fsp3) is 0.846. The molecule has 0 aliphatic heterocycles. The van der Waals surface area contributed by atoms with Crippen molar-refractivity contribution >= 4 is 11.9 Å². The lowest BCUT2D eigenvalue weighted by molar-refractivity contribution is -0.137. The average Bonchev–Trinajstić information content (AvgIpc) is 2.13. The average molecular weight is 259 g/mol. The number of nitrogens with one attached hydrogen (secondary N) is 1. The number of amides is 1. The molecule has 0 rings (SSSR count). The summed E-state index contributed by atoms with van der Waals surface area (Å²) in [6, 6.07) is -0.323. The number of carboxylic acid groups (broad SMARTS) is 1. The molecule has 106 valence electrons. The van der Waals surface area contributed by atoms with Crippen molar-refractivity contribution in [2.75, 3.05) is 13.2 Å². The number of carboxylic acids is 1. The molecule has 0 aliphatic carbocycles. The first kappa shape index (κ1) is 16.9. The van der Waals surface area contributed by atoms with E-state index in [0.717, 1.165) is 0 Å². The second kappa shape index (κ2) is 8.08. The molecule has 0 heterocycles. The van der Waals surface area contributed by atoms with E-state index in [9.17, 15) is 9.59 Å². The Bertz CT molecular complexity index is 271. The van der Waals surface area contributed by atoms with Crippen LogP contribution >= 0.6 is 0 Å². The number of hydrogen-bond acceptors (Lipinski definition) is 3. The standard InChI is InChI=1S/C13H25NO4/c1-5-18-7-6-11(15)14-10(8-12(16)17)9-13(2,3)4/h10H,5-9H2,1-4H3,(H,14,15)(H,16,17). The number of aliphatic carboxylic acids is 1. The van der Waals surface area contributed by atoms with Gasteiger partial charge in [-0.2, -0.15) is 0 Å². The van der Waals surface area contributed by atoms with Crippen LogP contribution < -0.4 is 5.32 Å². The van der Waals surface area contributed by atoms with Gasteiger partial charge < -0.3 is 15.2 Å². The third-order valence-electron chi connectivity index (χ3n) is 2.32. The number of rotatable bonds is 8. The second-order valence-corrected chi connectivity index (χ2v) is 5.57. The highest BCUT2D eigenvalue weighted by Gasteiger charge is 2.22. The minimum atomic E-state index is -0.894. The molecule has 0 saturated heterocycles. The Labute approximate surface area is 109 Å². The first-order chi connectivity index (χ1) is 8.24. The summed E-state index contributed by atoms with van der Waals surface area (Å²) < 4.78 is 5.09. The maximum atomic E-state index is 11.6. The molecule has 1 amide bonds. The van der Waals surface area contributed by atoms with Crippen molar-refractivity contribution in [2.24, 2.45) is 5.41 Å². The molecule has 5 heteroatoms. The summed E-state index contributed by atoms with van der Waals surface area (Å²) in [5.41, 5.74) is -0.0205. The van der Waals surface area contributed by atoms with Crippen molar-refractivity contribution in [2.45, 2.75) is 53.0 Å². The van der Waals surface area contributed by atoms with Gasteiger partial charge in [-0.25, -0.2) is 0 Å². The minimum absolute atomic E-state index is 0.0205. The molecule has 0 aliphatic rings. The quantitative estimate of drug-likeness (QED) is 0.652. The summed E-state index contributed by atoms with van der Waals surface area (Å²) in [6.07, 6.45) is 0.866. The van der Waals surface area contributed by atoms with Crippen LogP contribution in [0.1, 0.15) is 47.0 Å². The fourth-order valence-electron chi connectivity index (χ4n) is 1.73. The number of ether oxygens (including phenoxy) is 1. The van der Waals surface area contributed by atoms with Gasteiger partial charge in [0.2, 0.25) is 5.91 Å². The molecule has 0 spiro atoms. The Morgan fingerprint density at radius 3 is 2.39 bits per heavy atom. The summed E-state index contributed by atoms with van der Waals surface area (Å²) in [4.78, 5) is 22.4. The zero-order chi connectivity index (χ0) is 14.2. The van der Waals surface area contributed by atoms with Gasteiger partial charge >= 0.3 is 5.97 Å². The van der Waals surface area contributed by atoms with Gasteiger partial charge in [0.25, 0.3) is 0 Å². The van der Waals surface area contributed by atoms with E-state index in [-0.39, 0.29) is 30.2 Å². The highest BCUT2D eigenvalue weighted by Crippen LogP contribution is 2.22. The molecule has 5 nitrogen and oxygen atoms in total. The first-order valence-electron chi connectivity index (χ1n) is 6.33. The van der Waals surface area contributed by atoms with Crippen LogP contribution in [-0.4, -0.2) is 36.2 Å². The molecule has 0 fully saturated rings. The summed E-state index contributed by atoms with van der Waals surface area (Å²) >= 11 is 0. The number of carbonyl (C=O) groups excluding carboxylic acids is 1. The third-order valence-corrected chi connectivity index (χ3v) is 2.32. The van der Waals surface area contributed by atoms with Crippen molar-refractivity contribution in [3.63, 3.8) is 0 Å². The molecular formula is C13H25NO4. The van der Waals surface area contributed by atoms with Crippen LogP contribution in [0.2, 0.25) is 0 Å². The monoisotopic (exact) mass is 259 g/mol. The van der Waals surface area contributed by atoms with Crippen LogP contribution in [0.4, 0.5) is 0 Å². The lowest BCUT2D eigenvalue weighted by atomic mass is 9.87. The molecule has 1 atom stereocenters. The van der Waals surface area contributed by atoms with E-state index in [1.807, 2.05) is 27.7 Å². The molecule has 0 aromatic carbocycles. The summed E-state index contributed by atoms with van der Waals surface area (Å²) in [5.74, 6) is -1.05. The van der Waals surface area contributed by atoms with Gasteiger partial charge in [0, 0.05) is 19.1 Å². The summed E-state index contributed by atoms with van der Waals surface area (Å²) in [5, 5.41) is 11.6. The second-order valence-electron chi connectivity index (χ2n) is 5.57. The van der Waals surface area contributed by atoms with Crippen molar-refractivity contribution in [1.82, 2.24) is 5.32 Å². The molecule has 1 unspecified atom stereocenters. The number of carbonyl (C=O) groups is 2. The highest BCUT2D eigenvalue weighted by atomic mass is 16.5. The smallest absolute Gasteiger partial charge is 0.305 e. The van der Waals surface area contributed by atoms with E-state index >= 15 is 0 Å². The molecule has 0 saturated carbocycles. The van der Waals surface area contributed by atoms with Crippen LogP contribution in [0, 0.1) is 5.41 Å². The predicted molar refractivity (Wildman–Crippen MR) is 69.4 cm³/mol. The first-order valence-corrected chi connectivity index (χ1v) is 6.33. The van der Waals surface area contributed by atoms with Crippen LogP contribution in [0.5, 0.6) is 0 Å². The summed E-state index contributed by atoms with van der Waals surface area (Å²) in [6.45, 7) is 8.88. The summed E-state index contributed by atoms with van der Waals surface area (Å²) in [7, 11) is 0. The van der Waals surface area contributed by atoms with E-state index in [2.05, 4.69) is 5.32 Å². The van der Waals surface area contributed by atoms with E-state index in [1.54, 1.807) is 0 Å². The SMILES string of the molecule is CCOCCC(=O)NC(CC(=O)O)CC(C)(C)C. The molecule has 0 radical (unpaired) electrons. The van der Waals surface area contributed by atoms with Crippen molar-refractivity contribution in [3.8, 4) is 0 Å². The zero-order valence-corrected chi connectivity index (χ0v) is 11.8. The zero-order valence-electron chi connectivity index (χ0n) is 11.8. The van der Waals surface area contributed by atoms with Gasteiger partial charge in [0.15, 0.2) is 0 Å². The van der Waals surface area contributed by atoms with Crippen LogP contribution in [0.15, 0.2) is 0 Å². The normalized spacial score (nSPS) is 13.1. The van der Waals surface area contributed by atoms with Gasteiger partial charge in [0.05, 0.1) is 13.0 Å². The van der Waals surface area contributed by atoms with Crippen LogP contribution in [-0.2, 0) is 14.3 Å². The Hall–Kier alpha value is -1.10. The molecule has 0 bridgehead atoms. The molecular weight excluding hydrogens is 234 g/mol. The van der Waals surface area contributed by atoms with E-state index in [4.69, 9.17) is 9.84 Å². The van der Waals surface area contributed by atoms with Gasteiger partial charge in [-0.15, -0.1) is 0 Å². The van der Waals surface area contributed by atoms with E-state index in [0.29, 0.717) is 19.6 Å². The maximum Gasteiger partial charge on any atom is 0.305 e. The number of hydrogen-bond donors (Lipinski definition) is 2. The third kappa shape index (κ3) is 10.1. The maximum absolute atomic E-state index is 11.6. The van der Waals surface area contributed by atoms with Gasteiger partial charge in [-0.3, -0.25) is 9.59 Å². The topological polar surface area (TPSA) is 75.6 Å². The largest absolute Gasteiger partial charge is 0.481 e. The lowest BCUT2D eigenvalue weighted by Gasteiger charge is -2.25. The molecule has 0 aromatic rings. The highest BCUT2D eigenvalue weighted by molar-refractivity contribution is 5.77. The van der Waals surface area contributed by atoms with Crippen molar-refractivity contribution in [1.29, 1.82) is 0 Å². The Kier molecular flexibility index (Phi) is 7.59. The van der Waals surface area contributed by atoms with Gasteiger partial charge in [0.1, 0.15) is 0 Å². The van der Waals surface area contributed by atoms with Crippen molar-refractivity contribution in [3.05, 3.63) is 0 Å². The Balaban J connectivity index is 4.22. The predicted octanol–water partition coefficient (Wildman–Crippen LogP) is 1.81. The fourth-order valence-corrected chi connectivity index (χ4v) is 1.73. The van der Waals surface area contributed by atoms with E-state index < -0.39 is 5.97 Å². The molecule has 0 aromatic heterocycles. The Morgan fingerprint density at radius 1 is 1.33 bits per heavy atom. The van der Waals surface area contributed by atoms with Crippen LogP contribution in [0.3, 0.4) is 0 Å². The van der Waals surface area contributed by atoms with Gasteiger partial charge in [-0.1, -0.05) is 20.8 Å². The Morgan fingerprint density at radius 2 is 1.94 bits per heavy atom. The lowest BCUT2D eigenvalue weighted by Crippen LogP contribution is -2.39. The van der Waals surface area contributed by atoms with Crippen molar-refractivity contribution < 1.29 is 19.4 Å². The van der Waals surface area contributed by atoms with Gasteiger partial charge in [-0.05, 0) is 18.8 Å².